The topological polar surface area (TPSA) is 117 Å². The van der Waals surface area contributed by atoms with Gasteiger partial charge in [0.2, 0.25) is 11.8 Å². The Kier molecular flexibility index (Phi) is 20.7. The van der Waals surface area contributed by atoms with Gasteiger partial charge in [0.15, 0.2) is 0 Å². The van der Waals surface area contributed by atoms with E-state index in [0.717, 1.165) is 67.2 Å². The van der Waals surface area contributed by atoms with Gasteiger partial charge in [-0.15, -0.1) is 0 Å². The fraction of sp³-hybridized carbons (Fsp3) is 0.659. The van der Waals surface area contributed by atoms with Gasteiger partial charge in [0.05, 0.1) is 13.2 Å². The van der Waals surface area contributed by atoms with Gasteiger partial charge in [0.25, 0.3) is 0 Å². The van der Waals surface area contributed by atoms with Crippen LogP contribution in [0.5, 0.6) is 0 Å². The second-order valence-corrected chi connectivity index (χ2v) is 17.7. The van der Waals surface area contributed by atoms with Gasteiger partial charge in [0.1, 0.15) is 18.2 Å². The summed E-state index contributed by atoms with van der Waals surface area (Å²) in [5.41, 5.74) is 3.85. The Bertz CT molecular complexity index is 1460. The summed E-state index contributed by atoms with van der Waals surface area (Å²) in [7, 11) is -3.65. The third kappa shape index (κ3) is 16.5. The molecule has 0 aromatic heterocycles. The van der Waals surface area contributed by atoms with E-state index >= 15 is 0 Å². The van der Waals surface area contributed by atoms with Crippen LogP contribution in [-0.2, 0) is 37.5 Å². The molecular formula is C44H67FNO8P. The molecule has 3 rings (SSSR count). The van der Waals surface area contributed by atoms with E-state index in [1.165, 1.54) is 32.1 Å². The lowest BCUT2D eigenvalue weighted by Crippen LogP contribution is -2.44. The van der Waals surface area contributed by atoms with Crippen LogP contribution in [-0.4, -0.2) is 55.2 Å². The smallest absolute Gasteiger partial charge is 0.364 e. The number of hydrogen-bond acceptors (Lipinski definition) is 8. The lowest BCUT2D eigenvalue weighted by atomic mass is 9.98. The van der Waals surface area contributed by atoms with Gasteiger partial charge in [-0.3, -0.25) is 14.2 Å². The van der Waals surface area contributed by atoms with Crippen molar-refractivity contribution in [1.82, 2.24) is 5.32 Å². The van der Waals surface area contributed by atoms with Crippen molar-refractivity contribution in [3.8, 4) is 11.1 Å². The summed E-state index contributed by atoms with van der Waals surface area (Å²) < 4.78 is 48.4. The summed E-state index contributed by atoms with van der Waals surface area (Å²) in [6, 6.07) is 15.4. The highest BCUT2D eigenvalue weighted by atomic mass is 31.2. The minimum Gasteiger partial charge on any atom is -0.465 e. The van der Waals surface area contributed by atoms with Crippen molar-refractivity contribution in [2.45, 2.75) is 167 Å². The highest BCUT2D eigenvalue weighted by Crippen LogP contribution is 2.55. The molecule has 0 heterocycles. The molecule has 1 aliphatic rings. The van der Waals surface area contributed by atoms with Gasteiger partial charge in [-0.1, -0.05) is 119 Å². The fourth-order valence-corrected chi connectivity index (χ4v) is 8.71. The number of unbranched alkanes of at least 4 members (excludes halogenated alkanes) is 12. The lowest BCUT2D eigenvalue weighted by Gasteiger charge is -2.24. The van der Waals surface area contributed by atoms with Crippen LogP contribution in [0.4, 0.5) is 4.39 Å². The molecule has 0 bridgehead atoms. The predicted octanol–water partition coefficient (Wildman–Crippen LogP) is 11.4. The largest absolute Gasteiger partial charge is 0.465 e. The first kappa shape index (κ1) is 46.3. The number of carbonyl (C=O) groups is 3. The van der Waals surface area contributed by atoms with E-state index in [2.05, 4.69) is 29.6 Å². The molecule has 0 saturated carbocycles. The van der Waals surface area contributed by atoms with Crippen molar-refractivity contribution in [3.05, 3.63) is 59.7 Å². The molecule has 11 heteroatoms. The van der Waals surface area contributed by atoms with Gasteiger partial charge in [-0.2, -0.15) is 0 Å². The molecule has 0 spiro atoms. The maximum Gasteiger partial charge on any atom is 0.364 e. The monoisotopic (exact) mass is 787 g/mol. The number of rotatable bonds is 28. The summed E-state index contributed by atoms with van der Waals surface area (Å²) in [5.74, 6) is -2.79. The van der Waals surface area contributed by atoms with E-state index in [-0.39, 0.29) is 50.9 Å². The average molecular weight is 788 g/mol. The van der Waals surface area contributed by atoms with Crippen LogP contribution < -0.4 is 5.32 Å². The molecule has 1 amide bonds. The van der Waals surface area contributed by atoms with Crippen molar-refractivity contribution in [2.75, 3.05) is 19.8 Å². The molecule has 2 aromatic rings. The van der Waals surface area contributed by atoms with E-state index in [9.17, 15) is 23.3 Å². The second kappa shape index (κ2) is 24.5. The standard InChI is InChI=1S/C44H67FNO8P/c1-6-52-55(50,53-7-2)40(45)29-19-17-15-13-11-9-8-10-12-14-16-18-20-30-41(47)46-39(43(49)54-44(3,4)5)31-32-42(48)51-33-38-36-27-23-21-25-34(36)35-26-22-24-28-37(35)38/h21-28,38-40H,6-20,29-33H2,1-5H3,(H,46,47). The molecule has 2 atom stereocenters. The molecule has 2 unspecified atom stereocenters. The summed E-state index contributed by atoms with van der Waals surface area (Å²) in [5, 5.41) is 2.83. The van der Waals surface area contributed by atoms with Gasteiger partial charge in [0, 0.05) is 18.8 Å². The van der Waals surface area contributed by atoms with Gasteiger partial charge < -0.3 is 23.8 Å². The number of esters is 2. The number of hydrogen-bond donors (Lipinski definition) is 1. The van der Waals surface area contributed by atoms with Crippen molar-refractivity contribution in [2.24, 2.45) is 0 Å². The third-order valence-electron chi connectivity index (χ3n) is 9.84. The van der Waals surface area contributed by atoms with Crippen molar-refractivity contribution in [1.29, 1.82) is 0 Å². The summed E-state index contributed by atoms with van der Waals surface area (Å²) in [6.07, 6.45) is 14.1. The Labute approximate surface area is 329 Å². The molecule has 1 N–H and O–H groups in total. The van der Waals surface area contributed by atoms with Gasteiger partial charge >= 0.3 is 19.5 Å². The number of fused-ring (bicyclic) bond motifs is 3. The zero-order chi connectivity index (χ0) is 40.1. The molecule has 308 valence electrons. The van der Waals surface area contributed by atoms with Crippen LogP contribution in [0.15, 0.2) is 48.5 Å². The lowest BCUT2D eigenvalue weighted by molar-refractivity contribution is -0.159. The number of alkyl halides is 1. The Balaban J connectivity index is 1.26. The normalized spacial score (nSPS) is 13.9. The molecule has 55 heavy (non-hydrogen) atoms. The van der Waals surface area contributed by atoms with Crippen LogP contribution in [0.3, 0.4) is 0 Å². The maximum absolute atomic E-state index is 14.4. The van der Waals surface area contributed by atoms with E-state index in [1.807, 2.05) is 24.3 Å². The maximum atomic E-state index is 14.4. The van der Waals surface area contributed by atoms with Crippen molar-refractivity contribution in [3.63, 3.8) is 0 Å². The number of benzene rings is 2. The number of amides is 1. The summed E-state index contributed by atoms with van der Waals surface area (Å²) >= 11 is 0. The average Bonchev–Trinajstić information content (AvgIpc) is 3.46. The second-order valence-electron chi connectivity index (χ2n) is 15.5. The number of halogens is 1. The highest BCUT2D eigenvalue weighted by molar-refractivity contribution is 7.54. The molecular weight excluding hydrogens is 720 g/mol. The first-order chi connectivity index (χ1) is 26.4. The summed E-state index contributed by atoms with van der Waals surface area (Å²) in [6.45, 7) is 9.27. The van der Waals surface area contributed by atoms with Crippen molar-refractivity contribution >= 4 is 25.4 Å². The third-order valence-corrected chi connectivity index (χ3v) is 12.0. The Morgan fingerprint density at radius 2 is 1.18 bits per heavy atom. The van der Waals surface area contributed by atoms with Crippen LogP contribution in [0.2, 0.25) is 0 Å². The first-order valence-electron chi connectivity index (χ1n) is 20.8. The zero-order valence-electron chi connectivity index (χ0n) is 34.1. The molecule has 1 aliphatic carbocycles. The van der Waals surface area contributed by atoms with E-state index in [4.69, 9.17) is 18.5 Å². The van der Waals surface area contributed by atoms with Gasteiger partial charge in [-0.25, -0.2) is 9.18 Å². The molecule has 0 fully saturated rings. The number of nitrogens with one attached hydrogen (secondary N) is 1. The molecule has 2 aromatic carbocycles. The zero-order valence-corrected chi connectivity index (χ0v) is 35.0. The van der Waals surface area contributed by atoms with Crippen LogP contribution in [0.1, 0.15) is 161 Å². The minimum absolute atomic E-state index is 0.0171. The Hall–Kier alpha value is -3.07. The highest BCUT2D eigenvalue weighted by Gasteiger charge is 2.35. The number of ether oxygens (including phenoxy) is 2. The predicted molar refractivity (Wildman–Crippen MR) is 217 cm³/mol. The van der Waals surface area contributed by atoms with Crippen molar-refractivity contribution < 1.29 is 41.9 Å². The van der Waals surface area contributed by atoms with Gasteiger partial charge in [-0.05, 0) is 82.6 Å². The molecule has 0 radical (unpaired) electrons. The van der Waals surface area contributed by atoms with Crippen LogP contribution in [0.25, 0.3) is 11.1 Å². The first-order valence-corrected chi connectivity index (χ1v) is 22.4. The molecule has 0 aliphatic heterocycles. The Morgan fingerprint density at radius 3 is 1.67 bits per heavy atom. The fourth-order valence-electron chi connectivity index (χ4n) is 7.10. The SMILES string of the molecule is CCOP(=O)(OCC)C(F)CCCCCCCCCCCCCCCC(=O)NC(CCC(=O)OCC1c2ccccc2-c2ccccc21)C(=O)OC(C)(C)C. The van der Waals surface area contributed by atoms with Crippen LogP contribution in [0, 0.1) is 0 Å². The van der Waals surface area contributed by atoms with E-state index in [1.54, 1.807) is 34.6 Å². The van der Waals surface area contributed by atoms with E-state index < -0.39 is 37.1 Å². The quantitative estimate of drug-likeness (QED) is 0.0515. The molecule has 0 saturated heterocycles. The van der Waals surface area contributed by atoms with Crippen LogP contribution >= 0.6 is 7.60 Å². The summed E-state index contributed by atoms with van der Waals surface area (Å²) in [4.78, 5) is 38.8. The number of carbonyl (C=O) groups excluding carboxylic acids is 3. The Morgan fingerprint density at radius 1 is 0.709 bits per heavy atom. The minimum atomic E-state index is -3.65. The van der Waals surface area contributed by atoms with E-state index in [0.29, 0.717) is 12.8 Å². The molecule has 9 nitrogen and oxygen atoms in total.